The van der Waals surface area contributed by atoms with Crippen LogP contribution in [0.3, 0.4) is 0 Å². The minimum Gasteiger partial charge on any atom is -0.388 e. The Morgan fingerprint density at radius 2 is 2.17 bits per heavy atom. The summed E-state index contributed by atoms with van der Waals surface area (Å²) in [5, 5.41) is 9.99. The second-order valence-corrected chi connectivity index (χ2v) is 3.45. The molecule has 1 saturated heterocycles. The summed E-state index contributed by atoms with van der Waals surface area (Å²) in [6.45, 7) is 1.86. The van der Waals surface area contributed by atoms with Gasteiger partial charge < -0.3 is 14.6 Å². The number of carbonyl (C=O) groups excluding carboxylic acids is 1. The molecule has 4 heteroatoms. The van der Waals surface area contributed by atoms with Gasteiger partial charge in [-0.1, -0.05) is 6.92 Å². The number of rotatable bonds is 1. The standard InChI is InChI=1S/C8H12O4/c1-2-7(10)4-3-5-8(7)11-6(9)12-8/h10H,2-5H2,1H3. The second-order valence-electron chi connectivity index (χ2n) is 3.45. The number of aliphatic hydroxyl groups is 1. The number of carbonyl (C=O) groups is 1. The monoisotopic (exact) mass is 172 g/mol. The first kappa shape index (κ1) is 7.86. The maximum Gasteiger partial charge on any atom is 0.515 e. The van der Waals surface area contributed by atoms with Crippen molar-refractivity contribution in [3.8, 4) is 0 Å². The van der Waals surface area contributed by atoms with Crippen molar-refractivity contribution >= 4 is 6.16 Å². The normalized spacial score (nSPS) is 37.3. The lowest BCUT2D eigenvalue weighted by molar-refractivity contribution is -0.334. The third-order valence-corrected chi connectivity index (χ3v) is 2.89. The van der Waals surface area contributed by atoms with Crippen LogP contribution in [0.4, 0.5) is 4.79 Å². The molecule has 1 aliphatic heterocycles. The fraction of sp³-hybridized carbons (Fsp3) is 0.875. The van der Waals surface area contributed by atoms with Crippen molar-refractivity contribution in [1.29, 1.82) is 0 Å². The maximum atomic E-state index is 10.5. The molecule has 1 atom stereocenters. The molecular weight excluding hydrogens is 160 g/mol. The van der Waals surface area contributed by atoms with Crippen LogP contribution in [0.1, 0.15) is 32.6 Å². The van der Waals surface area contributed by atoms with Gasteiger partial charge in [0.25, 0.3) is 5.79 Å². The largest absolute Gasteiger partial charge is 0.515 e. The summed E-state index contributed by atoms with van der Waals surface area (Å²) in [6.07, 6.45) is 2.00. The van der Waals surface area contributed by atoms with Crippen LogP contribution in [0.25, 0.3) is 0 Å². The zero-order valence-electron chi connectivity index (χ0n) is 7.00. The molecule has 1 saturated carbocycles. The summed E-state index contributed by atoms with van der Waals surface area (Å²) in [7, 11) is 0. The van der Waals surface area contributed by atoms with E-state index in [2.05, 4.69) is 0 Å². The van der Waals surface area contributed by atoms with Crippen LogP contribution in [-0.4, -0.2) is 22.7 Å². The van der Waals surface area contributed by atoms with Crippen molar-refractivity contribution < 1.29 is 19.4 Å². The van der Waals surface area contributed by atoms with Gasteiger partial charge >= 0.3 is 6.16 Å². The van der Waals surface area contributed by atoms with Gasteiger partial charge in [-0.2, -0.15) is 0 Å². The number of hydrogen-bond acceptors (Lipinski definition) is 4. The minimum atomic E-state index is -1.00. The predicted molar refractivity (Wildman–Crippen MR) is 39.4 cm³/mol. The van der Waals surface area contributed by atoms with Crippen LogP contribution in [0, 0.1) is 0 Å². The highest BCUT2D eigenvalue weighted by Crippen LogP contribution is 2.49. The van der Waals surface area contributed by atoms with Gasteiger partial charge in [-0.05, 0) is 19.3 Å². The number of ether oxygens (including phenoxy) is 2. The molecule has 1 aliphatic carbocycles. The van der Waals surface area contributed by atoms with Crippen molar-refractivity contribution in [1.82, 2.24) is 0 Å². The highest BCUT2D eigenvalue weighted by molar-refractivity contribution is 5.66. The van der Waals surface area contributed by atoms with Gasteiger partial charge in [0.2, 0.25) is 0 Å². The Bertz CT molecular complexity index is 217. The Balaban J connectivity index is 2.20. The molecule has 2 aliphatic rings. The molecule has 0 amide bonds. The molecule has 0 aromatic heterocycles. The third kappa shape index (κ3) is 0.732. The van der Waals surface area contributed by atoms with E-state index in [-0.39, 0.29) is 0 Å². The first-order chi connectivity index (χ1) is 5.62. The molecule has 0 bridgehead atoms. The molecule has 2 fully saturated rings. The quantitative estimate of drug-likeness (QED) is 0.603. The molecule has 1 unspecified atom stereocenters. The Labute approximate surface area is 70.5 Å². The first-order valence-electron chi connectivity index (χ1n) is 4.26. The molecule has 0 radical (unpaired) electrons. The molecule has 0 aromatic carbocycles. The highest BCUT2D eigenvalue weighted by Gasteiger charge is 2.65. The van der Waals surface area contributed by atoms with Gasteiger partial charge in [0.05, 0.1) is 0 Å². The van der Waals surface area contributed by atoms with E-state index in [1.165, 1.54) is 0 Å². The van der Waals surface area contributed by atoms with Crippen LogP contribution >= 0.6 is 0 Å². The first-order valence-corrected chi connectivity index (χ1v) is 4.26. The third-order valence-electron chi connectivity index (χ3n) is 2.89. The lowest BCUT2D eigenvalue weighted by atomic mass is 9.92. The molecule has 1 spiro atoms. The van der Waals surface area contributed by atoms with E-state index in [1.54, 1.807) is 0 Å². The molecule has 2 rings (SSSR count). The Hall–Kier alpha value is -0.770. The fourth-order valence-corrected chi connectivity index (χ4v) is 2.05. The predicted octanol–water partition coefficient (Wildman–Crippen LogP) is 1.17. The lowest BCUT2D eigenvalue weighted by Crippen LogP contribution is -2.62. The molecule has 1 N–H and O–H groups in total. The van der Waals surface area contributed by atoms with E-state index in [9.17, 15) is 9.90 Å². The summed E-state index contributed by atoms with van der Waals surface area (Å²) in [5.41, 5.74) is -0.957. The van der Waals surface area contributed by atoms with Crippen molar-refractivity contribution in [2.24, 2.45) is 0 Å². The SMILES string of the molecule is CCC1(O)CCCC12OC(=O)O2. The van der Waals surface area contributed by atoms with E-state index in [0.717, 1.165) is 6.42 Å². The van der Waals surface area contributed by atoms with E-state index in [0.29, 0.717) is 19.3 Å². The van der Waals surface area contributed by atoms with Crippen LogP contribution in [0.15, 0.2) is 0 Å². The van der Waals surface area contributed by atoms with Crippen molar-refractivity contribution in [2.75, 3.05) is 0 Å². The maximum absolute atomic E-state index is 10.5. The van der Waals surface area contributed by atoms with Crippen LogP contribution < -0.4 is 0 Å². The summed E-state index contributed by atoms with van der Waals surface area (Å²) in [4.78, 5) is 10.5. The zero-order valence-corrected chi connectivity index (χ0v) is 7.00. The van der Waals surface area contributed by atoms with Crippen molar-refractivity contribution in [2.45, 2.75) is 44.0 Å². The van der Waals surface area contributed by atoms with Crippen molar-refractivity contribution in [3.63, 3.8) is 0 Å². The van der Waals surface area contributed by atoms with E-state index < -0.39 is 17.5 Å². The average molecular weight is 172 g/mol. The van der Waals surface area contributed by atoms with Gasteiger partial charge in [-0.25, -0.2) is 4.79 Å². The molecule has 4 nitrogen and oxygen atoms in total. The fourth-order valence-electron chi connectivity index (χ4n) is 2.05. The Morgan fingerprint density at radius 3 is 2.67 bits per heavy atom. The van der Waals surface area contributed by atoms with Gasteiger partial charge in [-0.3, -0.25) is 0 Å². The summed E-state index contributed by atoms with van der Waals surface area (Å²) >= 11 is 0. The Morgan fingerprint density at radius 1 is 1.50 bits per heavy atom. The van der Waals surface area contributed by atoms with Crippen molar-refractivity contribution in [3.05, 3.63) is 0 Å². The average Bonchev–Trinajstić information content (AvgIpc) is 2.30. The van der Waals surface area contributed by atoms with E-state index in [1.807, 2.05) is 6.92 Å². The Kier molecular flexibility index (Phi) is 1.39. The lowest BCUT2D eigenvalue weighted by Gasteiger charge is -2.45. The molecule has 68 valence electrons. The van der Waals surface area contributed by atoms with Gasteiger partial charge in [0, 0.05) is 6.42 Å². The summed E-state index contributed by atoms with van der Waals surface area (Å²) in [5.74, 6) is -1.00. The minimum absolute atomic E-state index is 0.556. The number of hydrogen-bond donors (Lipinski definition) is 1. The molecule has 0 aromatic rings. The van der Waals surface area contributed by atoms with Gasteiger partial charge in [-0.15, -0.1) is 0 Å². The van der Waals surface area contributed by atoms with Gasteiger partial charge in [0.15, 0.2) is 0 Å². The summed E-state index contributed by atoms with van der Waals surface area (Å²) < 4.78 is 9.77. The zero-order chi connectivity index (χ0) is 8.82. The van der Waals surface area contributed by atoms with Crippen LogP contribution in [0.5, 0.6) is 0 Å². The van der Waals surface area contributed by atoms with E-state index >= 15 is 0 Å². The molecule has 1 heterocycles. The van der Waals surface area contributed by atoms with Gasteiger partial charge in [0.1, 0.15) is 5.60 Å². The van der Waals surface area contributed by atoms with Crippen LogP contribution in [-0.2, 0) is 9.47 Å². The van der Waals surface area contributed by atoms with E-state index in [4.69, 9.17) is 9.47 Å². The highest BCUT2D eigenvalue weighted by atomic mass is 16.9. The smallest absolute Gasteiger partial charge is 0.388 e. The molecular formula is C8H12O4. The second kappa shape index (κ2) is 2.13. The topological polar surface area (TPSA) is 55.8 Å². The van der Waals surface area contributed by atoms with Crippen LogP contribution in [0.2, 0.25) is 0 Å². The summed E-state index contributed by atoms with van der Waals surface area (Å²) in [6, 6.07) is 0. The molecule has 12 heavy (non-hydrogen) atoms.